The predicted octanol–water partition coefficient (Wildman–Crippen LogP) is 28.9. The highest BCUT2D eigenvalue weighted by Crippen LogP contribution is 2.47. The van der Waals surface area contributed by atoms with Gasteiger partial charge in [0, 0.05) is 98.8 Å². The van der Waals surface area contributed by atoms with Crippen molar-refractivity contribution in [3.05, 3.63) is 424 Å². The second-order valence-corrected chi connectivity index (χ2v) is 30.4. The highest BCUT2D eigenvalue weighted by molar-refractivity contribution is 6.17. The van der Waals surface area contributed by atoms with Crippen LogP contribution in [0.15, 0.2) is 419 Å². The molecule has 6 aromatic heterocycles. The van der Waals surface area contributed by atoms with Crippen LogP contribution in [0.5, 0.6) is 0 Å². The Bertz CT molecular complexity index is 7870. The van der Waals surface area contributed by atoms with Crippen LogP contribution in [0.25, 0.3) is 209 Å². The predicted molar refractivity (Wildman–Crippen MR) is 485 cm³/mol. The van der Waals surface area contributed by atoms with Crippen molar-refractivity contribution in [2.24, 2.45) is 0 Å². The molecule has 6 heteroatoms. The van der Waals surface area contributed by atoms with Gasteiger partial charge >= 0.3 is 0 Å². The normalized spacial score (nSPS) is 11.9. The van der Waals surface area contributed by atoms with Gasteiger partial charge in [-0.3, -0.25) is 0 Å². The summed E-state index contributed by atoms with van der Waals surface area (Å²) in [5, 5.41) is 15.1. The molecule has 0 radical (unpaired) electrons. The minimum atomic E-state index is 1.12. The first kappa shape index (κ1) is 65.6. The Morgan fingerprint density at radius 2 is 0.417 bits per heavy atom. The molecule has 0 aliphatic rings. The van der Waals surface area contributed by atoms with Gasteiger partial charge in [0.25, 0.3) is 0 Å². The second kappa shape index (κ2) is 26.5. The summed E-state index contributed by atoms with van der Waals surface area (Å²) in [5.74, 6) is 0. The van der Waals surface area contributed by atoms with Gasteiger partial charge < -0.3 is 27.4 Å². The summed E-state index contributed by atoms with van der Waals surface area (Å²) >= 11 is 0. The van der Waals surface area contributed by atoms with Crippen LogP contribution in [0.4, 0.5) is 0 Å². The van der Waals surface area contributed by atoms with Gasteiger partial charge in [-0.1, -0.05) is 273 Å². The third kappa shape index (κ3) is 10.5. The topological polar surface area (TPSA) is 29.6 Å². The zero-order valence-electron chi connectivity index (χ0n) is 63.0. The third-order valence-corrected chi connectivity index (χ3v) is 23.9. The van der Waals surface area contributed by atoms with Crippen LogP contribution in [0.3, 0.4) is 0 Å². The SMILES string of the molecule is Cc1ccc2c3ccccc3n(-c3ccc(-c4ccc5c(c4)c4ccccc4n5-c4cccc(-n5c6ccccc6c6ccccc65)c4)cc3)c2c1.c1ccc(-c2cc(-n3c4ccccc4c4ccccc43)ccc2-c2cc3c4ccccc4n(-c4cccc(-n5c6ccccc6c6ccccc65)c4)c3cc2-c2ccccc2)cc1. The highest BCUT2D eigenvalue weighted by atomic mass is 15.0. The van der Waals surface area contributed by atoms with Crippen molar-refractivity contribution in [2.45, 2.75) is 6.92 Å². The summed E-state index contributed by atoms with van der Waals surface area (Å²) in [6.45, 7) is 2.17. The molecule has 0 N–H and O–H groups in total. The smallest absolute Gasteiger partial charge is 0.0547 e. The molecule has 0 amide bonds. The minimum absolute atomic E-state index is 1.12. The molecule has 0 spiro atoms. The maximum atomic E-state index is 2.46. The first-order chi connectivity index (χ1) is 57.0. The molecule has 18 aromatic carbocycles. The van der Waals surface area contributed by atoms with Crippen LogP contribution < -0.4 is 0 Å². The van der Waals surface area contributed by atoms with Crippen molar-refractivity contribution in [1.82, 2.24) is 27.4 Å². The number of fused-ring (bicyclic) bond motifs is 18. The summed E-state index contributed by atoms with van der Waals surface area (Å²) in [7, 11) is 0. The van der Waals surface area contributed by atoms with Crippen molar-refractivity contribution >= 4 is 131 Å². The fraction of sp³-hybridized carbons (Fsp3) is 0.00917. The largest absolute Gasteiger partial charge is 0.309 e. The fourth-order valence-corrected chi connectivity index (χ4v) is 18.9. The molecular formula is C109H72N6. The Morgan fingerprint density at radius 1 is 0.130 bits per heavy atom. The zero-order chi connectivity index (χ0) is 75.8. The van der Waals surface area contributed by atoms with Gasteiger partial charge in [0.05, 0.1) is 66.2 Å². The van der Waals surface area contributed by atoms with Crippen LogP contribution in [0.1, 0.15) is 5.56 Å². The summed E-state index contributed by atoms with van der Waals surface area (Å²) in [4.78, 5) is 0. The number of aromatic nitrogens is 6. The number of rotatable bonds is 10. The lowest BCUT2D eigenvalue weighted by Crippen LogP contribution is -1.99. The van der Waals surface area contributed by atoms with Crippen LogP contribution in [-0.2, 0) is 0 Å². The Morgan fingerprint density at radius 3 is 0.817 bits per heavy atom. The van der Waals surface area contributed by atoms with E-state index in [1.807, 2.05) is 0 Å². The molecule has 0 fully saturated rings. The number of benzene rings is 18. The van der Waals surface area contributed by atoms with E-state index in [4.69, 9.17) is 0 Å². The van der Waals surface area contributed by atoms with Crippen LogP contribution in [0, 0.1) is 6.92 Å². The molecular weight excluding hydrogens is 1390 g/mol. The van der Waals surface area contributed by atoms with Gasteiger partial charge in [-0.05, 0) is 203 Å². The van der Waals surface area contributed by atoms with E-state index >= 15 is 0 Å². The Balaban J connectivity index is 0.000000139. The lowest BCUT2D eigenvalue weighted by molar-refractivity contribution is 1.13. The van der Waals surface area contributed by atoms with E-state index in [0.29, 0.717) is 0 Å². The molecule has 115 heavy (non-hydrogen) atoms. The molecule has 538 valence electrons. The molecule has 6 nitrogen and oxygen atoms in total. The molecule has 24 aromatic rings. The van der Waals surface area contributed by atoms with Gasteiger partial charge in [-0.2, -0.15) is 0 Å². The van der Waals surface area contributed by atoms with Crippen LogP contribution in [0.2, 0.25) is 0 Å². The van der Waals surface area contributed by atoms with Gasteiger partial charge in [0.2, 0.25) is 0 Å². The summed E-state index contributed by atoms with van der Waals surface area (Å²) in [6, 6.07) is 153. The van der Waals surface area contributed by atoms with E-state index in [1.165, 1.54) is 187 Å². The molecule has 0 saturated carbocycles. The van der Waals surface area contributed by atoms with E-state index < -0.39 is 0 Å². The van der Waals surface area contributed by atoms with E-state index in [0.717, 1.165) is 28.4 Å². The lowest BCUT2D eigenvalue weighted by Gasteiger charge is -2.19. The Labute approximate surface area is 663 Å². The summed E-state index contributed by atoms with van der Waals surface area (Å²) in [5.41, 5.74) is 32.1. The quantitative estimate of drug-likeness (QED) is 0.131. The average molecular weight is 1470 g/mol. The lowest BCUT2D eigenvalue weighted by atomic mass is 9.88. The molecule has 0 aliphatic carbocycles. The van der Waals surface area contributed by atoms with Crippen LogP contribution in [-0.4, -0.2) is 27.4 Å². The zero-order valence-corrected chi connectivity index (χ0v) is 63.0. The number of nitrogens with zero attached hydrogens (tertiary/aromatic N) is 6. The van der Waals surface area contributed by atoms with Crippen molar-refractivity contribution in [1.29, 1.82) is 0 Å². The maximum Gasteiger partial charge on any atom is 0.0547 e. The summed E-state index contributed by atoms with van der Waals surface area (Å²) in [6.07, 6.45) is 0. The van der Waals surface area contributed by atoms with Crippen molar-refractivity contribution in [3.8, 4) is 78.6 Å². The molecule has 0 atom stereocenters. The number of hydrogen-bond donors (Lipinski definition) is 0. The number of aryl methyl sites for hydroxylation is 1. The fourth-order valence-electron chi connectivity index (χ4n) is 18.9. The van der Waals surface area contributed by atoms with Crippen molar-refractivity contribution in [2.75, 3.05) is 0 Å². The Hall–Kier alpha value is -15.2. The first-order valence-electron chi connectivity index (χ1n) is 39.6. The highest BCUT2D eigenvalue weighted by Gasteiger charge is 2.24. The number of para-hydroxylation sites is 9. The molecule has 6 heterocycles. The van der Waals surface area contributed by atoms with E-state index in [2.05, 4.69) is 453 Å². The summed E-state index contributed by atoms with van der Waals surface area (Å²) < 4.78 is 14.5. The van der Waals surface area contributed by atoms with Crippen LogP contribution >= 0.6 is 0 Å². The standard InChI is InChI=1S/C60H39N3.C49H33N3/c1-3-18-40(19-4-1)51-37-44(62-57-31-14-9-26-48(57)49-27-10-15-32-58(49)62)34-35-45(51)53-38-54-50-28-11-16-33-59(50)63(60(54)39-52(53)41-20-5-2-6-21-41)43-23-17-22-42(36-43)61-55-29-12-7-24-46(55)47-25-8-13-30-56(47)61;1-32-21-27-42-40-15-4-6-17-44(40)50(49(42)29-32)35-25-22-33(23-26-35)34-24-28-48-43(30-34)41-16-5-9-20-47(41)52(48)37-12-10-11-36(31-37)51-45-18-7-2-13-38(45)39-14-3-8-19-46(39)51/h1-39H;2-31H,1H3. The Kier molecular flexibility index (Phi) is 15.1. The minimum Gasteiger partial charge on any atom is -0.309 e. The molecule has 0 unspecified atom stereocenters. The maximum absolute atomic E-state index is 2.46. The third-order valence-electron chi connectivity index (χ3n) is 23.9. The van der Waals surface area contributed by atoms with Gasteiger partial charge in [-0.15, -0.1) is 0 Å². The second-order valence-electron chi connectivity index (χ2n) is 30.4. The molecule has 0 bridgehead atoms. The van der Waals surface area contributed by atoms with Gasteiger partial charge in [-0.25, -0.2) is 0 Å². The van der Waals surface area contributed by atoms with E-state index in [1.54, 1.807) is 0 Å². The molecule has 24 rings (SSSR count). The van der Waals surface area contributed by atoms with Gasteiger partial charge in [0.15, 0.2) is 0 Å². The van der Waals surface area contributed by atoms with E-state index in [-0.39, 0.29) is 0 Å². The molecule has 0 aliphatic heterocycles. The van der Waals surface area contributed by atoms with Gasteiger partial charge in [0.1, 0.15) is 0 Å². The van der Waals surface area contributed by atoms with E-state index in [9.17, 15) is 0 Å². The van der Waals surface area contributed by atoms with Crippen molar-refractivity contribution in [3.63, 3.8) is 0 Å². The number of hydrogen-bond acceptors (Lipinski definition) is 0. The molecule has 0 saturated heterocycles. The average Bonchev–Trinajstić information content (AvgIpc) is 1.60. The monoisotopic (exact) mass is 1460 g/mol. The van der Waals surface area contributed by atoms with Crippen molar-refractivity contribution < 1.29 is 0 Å². The first-order valence-corrected chi connectivity index (χ1v) is 39.6.